The molecule has 0 unspecified atom stereocenters. The van der Waals surface area contributed by atoms with E-state index in [1.54, 1.807) is 18.3 Å². The first kappa shape index (κ1) is 25.7. The second-order valence-corrected chi connectivity index (χ2v) is 10.8. The standard InChI is InChI=1S/C34H27FN2O2S/c1-2-3-9-22-16-25(38)17-23(33(22)39)20-36-30-15-7-6-13-28(30)34-37-32-29(18-24(35)19-31(32)40-34)27-14-8-11-21-10-4-5-12-26(21)27/h4-8,10-20,38-39H,2-3,9H2,1H3/b36-20+. The Kier molecular flexibility index (Phi) is 7.01. The van der Waals surface area contributed by atoms with E-state index in [0.717, 1.165) is 55.5 Å². The largest absolute Gasteiger partial charge is 0.508 e. The zero-order chi connectivity index (χ0) is 27.6. The van der Waals surface area contributed by atoms with E-state index in [1.807, 2.05) is 66.7 Å². The van der Waals surface area contributed by atoms with E-state index in [-0.39, 0.29) is 17.3 Å². The summed E-state index contributed by atoms with van der Waals surface area (Å²) in [4.78, 5) is 9.67. The molecule has 198 valence electrons. The second kappa shape index (κ2) is 10.9. The molecule has 2 N–H and O–H groups in total. The lowest BCUT2D eigenvalue weighted by Gasteiger charge is -2.08. The normalized spacial score (nSPS) is 11.7. The topological polar surface area (TPSA) is 65.7 Å². The number of aliphatic imine (C=N–C) groups is 1. The maximum absolute atomic E-state index is 14.9. The van der Waals surface area contributed by atoms with Gasteiger partial charge in [0.15, 0.2) is 0 Å². The third-order valence-electron chi connectivity index (χ3n) is 7.02. The Morgan fingerprint density at radius 2 is 1.65 bits per heavy atom. The highest BCUT2D eigenvalue weighted by Gasteiger charge is 2.17. The van der Waals surface area contributed by atoms with Crippen LogP contribution in [0.25, 0.3) is 42.7 Å². The van der Waals surface area contributed by atoms with Crippen LogP contribution in [-0.4, -0.2) is 21.4 Å². The highest BCUT2D eigenvalue weighted by atomic mass is 32.1. The highest BCUT2D eigenvalue weighted by Crippen LogP contribution is 2.41. The lowest BCUT2D eigenvalue weighted by Crippen LogP contribution is -1.91. The van der Waals surface area contributed by atoms with Crippen LogP contribution in [0.15, 0.2) is 96.0 Å². The van der Waals surface area contributed by atoms with Crippen LogP contribution in [0.5, 0.6) is 11.5 Å². The number of rotatable bonds is 7. The summed E-state index contributed by atoms with van der Waals surface area (Å²) < 4.78 is 15.6. The summed E-state index contributed by atoms with van der Waals surface area (Å²) in [6.45, 7) is 2.08. The molecule has 0 bridgehead atoms. The number of aromatic nitrogens is 1. The van der Waals surface area contributed by atoms with Crippen LogP contribution < -0.4 is 0 Å². The quantitative estimate of drug-likeness (QED) is 0.155. The Bertz CT molecular complexity index is 1890. The van der Waals surface area contributed by atoms with Gasteiger partial charge >= 0.3 is 0 Å². The molecule has 1 heterocycles. The van der Waals surface area contributed by atoms with Crippen LogP contribution in [0.2, 0.25) is 0 Å². The molecule has 0 atom stereocenters. The van der Waals surface area contributed by atoms with Gasteiger partial charge in [-0.3, -0.25) is 4.99 Å². The molecule has 40 heavy (non-hydrogen) atoms. The fourth-order valence-corrected chi connectivity index (χ4v) is 6.09. The van der Waals surface area contributed by atoms with Gasteiger partial charge in [0.25, 0.3) is 0 Å². The van der Waals surface area contributed by atoms with Crippen molar-refractivity contribution in [2.24, 2.45) is 4.99 Å². The van der Waals surface area contributed by atoms with Crippen LogP contribution in [-0.2, 0) is 6.42 Å². The molecule has 1 aromatic heterocycles. The molecule has 0 aliphatic rings. The maximum atomic E-state index is 14.9. The molecular formula is C34H27FN2O2S. The number of thiazole rings is 1. The van der Waals surface area contributed by atoms with Gasteiger partial charge in [-0.1, -0.05) is 67.9 Å². The van der Waals surface area contributed by atoms with Gasteiger partial charge in [-0.05, 0) is 71.1 Å². The molecule has 6 aromatic rings. The van der Waals surface area contributed by atoms with E-state index in [2.05, 4.69) is 11.9 Å². The van der Waals surface area contributed by atoms with Crippen molar-refractivity contribution >= 4 is 44.2 Å². The number of halogens is 1. The van der Waals surface area contributed by atoms with Crippen LogP contribution in [0, 0.1) is 5.82 Å². The lowest BCUT2D eigenvalue weighted by molar-refractivity contribution is 0.452. The molecule has 0 aliphatic heterocycles. The molecule has 0 radical (unpaired) electrons. The van der Waals surface area contributed by atoms with E-state index in [9.17, 15) is 14.6 Å². The third-order valence-corrected chi connectivity index (χ3v) is 8.06. The van der Waals surface area contributed by atoms with Crippen molar-refractivity contribution in [2.75, 3.05) is 0 Å². The van der Waals surface area contributed by atoms with E-state index < -0.39 is 0 Å². The molecule has 6 heteroatoms. The number of hydrogen-bond donors (Lipinski definition) is 2. The maximum Gasteiger partial charge on any atom is 0.127 e. The predicted molar refractivity (Wildman–Crippen MR) is 164 cm³/mol. The second-order valence-electron chi connectivity index (χ2n) is 9.77. The minimum atomic E-state index is -0.310. The third kappa shape index (κ3) is 4.94. The first-order chi connectivity index (χ1) is 19.5. The number of unbranched alkanes of at least 4 members (excludes halogenated alkanes) is 1. The van der Waals surface area contributed by atoms with Gasteiger partial charge in [-0.2, -0.15) is 0 Å². The summed E-state index contributed by atoms with van der Waals surface area (Å²) in [7, 11) is 0. The number of hydrogen-bond acceptors (Lipinski definition) is 5. The number of aryl methyl sites for hydroxylation is 1. The van der Waals surface area contributed by atoms with Gasteiger partial charge in [0.1, 0.15) is 22.3 Å². The fraction of sp³-hybridized carbons (Fsp3) is 0.118. The number of para-hydroxylation sites is 1. The smallest absolute Gasteiger partial charge is 0.127 e. The monoisotopic (exact) mass is 546 g/mol. The molecule has 0 aliphatic carbocycles. The Hall–Kier alpha value is -4.55. The van der Waals surface area contributed by atoms with Gasteiger partial charge < -0.3 is 10.2 Å². The van der Waals surface area contributed by atoms with Crippen LogP contribution in [0.1, 0.15) is 30.9 Å². The van der Waals surface area contributed by atoms with E-state index in [4.69, 9.17) is 4.98 Å². The molecule has 6 rings (SSSR count). The van der Waals surface area contributed by atoms with Crippen molar-refractivity contribution < 1.29 is 14.6 Å². The Morgan fingerprint density at radius 3 is 2.52 bits per heavy atom. The van der Waals surface area contributed by atoms with Gasteiger partial charge in [-0.15, -0.1) is 11.3 Å². The summed E-state index contributed by atoms with van der Waals surface area (Å²) in [5.74, 6) is -0.0920. The molecule has 0 amide bonds. The van der Waals surface area contributed by atoms with Crippen LogP contribution in [0.4, 0.5) is 10.1 Å². The van der Waals surface area contributed by atoms with Crippen molar-refractivity contribution in [3.63, 3.8) is 0 Å². The average molecular weight is 547 g/mol. The zero-order valence-electron chi connectivity index (χ0n) is 21.9. The number of nitrogens with zero attached hydrogens (tertiary/aromatic N) is 2. The van der Waals surface area contributed by atoms with Gasteiger partial charge in [0, 0.05) is 22.9 Å². The molecule has 0 saturated heterocycles. The first-order valence-corrected chi connectivity index (χ1v) is 14.1. The van der Waals surface area contributed by atoms with Crippen molar-refractivity contribution in [3.05, 3.63) is 108 Å². The summed E-state index contributed by atoms with van der Waals surface area (Å²) in [6, 6.07) is 27.9. The number of phenols is 2. The van der Waals surface area contributed by atoms with Gasteiger partial charge in [-0.25, -0.2) is 9.37 Å². The molecular weight excluding hydrogens is 519 g/mol. The first-order valence-electron chi connectivity index (χ1n) is 13.3. The van der Waals surface area contributed by atoms with Gasteiger partial charge in [0.2, 0.25) is 0 Å². The van der Waals surface area contributed by atoms with Crippen LogP contribution >= 0.6 is 11.3 Å². The van der Waals surface area contributed by atoms with Crippen molar-refractivity contribution in [2.45, 2.75) is 26.2 Å². The fourth-order valence-electron chi connectivity index (χ4n) is 5.04. The van der Waals surface area contributed by atoms with E-state index in [0.29, 0.717) is 23.2 Å². The number of fused-ring (bicyclic) bond motifs is 2. The summed E-state index contributed by atoms with van der Waals surface area (Å²) in [5, 5.41) is 23.9. The summed E-state index contributed by atoms with van der Waals surface area (Å²) >= 11 is 1.42. The molecule has 4 nitrogen and oxygen atoms in total. The Balaban J connectivity index is 1.44. The lowest BCUT2D eigenvalue weighted by atomic mass is 9.97. The molecule has 0 saturated carbocycles. The predicted octanol–water partition coefficient (Wildman–Crippen LogP) is 9.43. The van der Waals surface area contributed by atoms with E-state index >= 15 is 0 Å². The number of benzene rings is 5. The summed E-state index contributed by atoms with van der Waals surface area (Å²) in [6.07, 6.45) is 4.14. The Labute approximate surface area is 235 Å². The highest BCUT2D eigenvalue weighted by molar-refractivity contribution is 7.21. The number of aromatic hydroxyl groups is 2. The number of phenolic OH excluding ortho intramolecular Hbond substituents is 2. The van der Waals surface area contributed by atoms with Gasteiger partial charge in [0.05, 0.1) is 15.9 Å². The molecule has 5 aromatic carbocycles. The minimum Gasteiger partial charge on any atom is -0.508 e. The molecule has 0 fully saturated rings. The van der Waals surface area contributed by atoms with Crippen LogP contribution in [0.3, 0.4) is 0 Å². The Morgan fingerprint density at radius 1 is 0.875 bits per heavy atom. The van der Waals surface area contributed by atoms with E-state index in [1.165, 1.54) is 23.5 Å². The average Bonchev–Trinajstić information content (AvgIpc) is 3.40. The minimum absolute atomic E-state index is 0.0906. The molecule has 0 spiro atoms. The SMILES string of the molecule is CCCCc1cc(O)cc(/C=N/c2ccccc2-c2nc3c(-c4cccc5ccccc45)cc(F)cc3s2)c1O. The van der Waals surface area contributed by atoms with Crippen molar-refractivity contribution in [1.82, 2.24) is 4.98 Å². The summed E-state index contributed by atoms with van der Waals surface area (Å²) in [5.41, 5.74) is 5.03. The van der Waals surface area contributed by atoms with Crippen molar-refractivity contribution in [3.8, 4) is 33.2 Å². The zero-order valence-corrected chi connectivity index (χ0v) is 22.8. The van der Waals surface area contributed by atoms with Crippen molar-refractivity contribution in [1.29, 1.82) is 0 Å².